The molecule has 0 fully saturated rings. The molecule has 0 aliphatic carbocycles. The van der Waals surface area contributed by atoms with Crippen molar-refractivity contribution in [3.05, 3.63) is 39.8 Å². The Morgan fingerprint density at radius 2 is 2.37 bits per heavy atom. The van der Waals surface area contributed by atoms with E-state index in [-0.39, 0.29) is 30.1 Å². The molecule has 0 aliphatic rings. The summed E-state index contributed by atoms with van der Waals surface area (Å²) in [4.78, 5) is 16.6. The van der Waals surface area contributed by atoms with Gasteiger partial charge >= 0.3 is 0 Å². The van der Waals surface area contributed by atoms with Gasteiger partial charge in [0.25, 0.3) is 5.56 Å². The van der Waals surface area contributed by atoms with Crippen molar-refractivity contribution in [3.63, 3.8) is 0 Å². The minimum Gasteiger partial charge on any atom is -0.411 e. The number of rotatable bonds is 4. The highest BCUT2D eigenvalue weighted by Gasteiger charge is 2.12. The van der Waals surface area contributed by atoms with Gasteiger partial charge in [-0.25, -0.2) is 4.98 Å². The molecule has 3 N–H and O–H groups in total. The number of oxime groups is 1. The first kappa shape index (κ1) is 13.0. The first-order chi connectivity index (χ1) is 9.19. The maximum atomic E-state index is 12.3. The number of hydrogen-bond donors (Lipinski definition) is 3. The van der Waals surface area contributed by atoms with Crippen molar-refractivity contribution < 1.29 is 10.3 Å². The predicted molar refractivity (Wildman–Crippen MR) is 71.2 cm³/mol. The van der Waals surface area contributed by atoms with E-state index in [0.717, 1.165) is 11.8 Å². The molecule has 0 spiro atoms. The van der Waals surface area contributed by atoms with Gasteiger partial charge in [-0.3, -0.25) is 9.20 Å². The highest BCUT2D eigenvalue weighted by Crippen LogP contribution is 2.11. The second kappa shape index (κ2) is 5.49. The van der Waals surface area contributed by atoms with E-state index in [4.69, 9.17) is 10.3 Å². The first-order valence-corrected chi connectivity index (χ1v) is 5.73. The Labute approximate surface area is 108 Å². The van der Waals surface area contributed by atoms with Gasteiger partial charge in [-0.05, 0) is 18.6 Å². The van der Waals surface area contributed by atoms with Crippen LogP contribution in [0.1, 0.15) is 11.1 Å². The maximum Gasteiger partial charge on any atom is 0.268 e. The van der Waals surface area contributed by atoms with Gasteiger partial charge in [-0.2, -0.15) is 0 Å². The van der Waals surface area contributed by atoms with Crippen LogP contribution in [0.15, 0.2) is 28.3 Å². The van der Waals surface area contributed by atoms with Gasteiger partial charge in [-0.15, -0.1) is 0 Å². The van der Waals surface area contributed by atoms with Crippen molar-refractivity contribution in [1.29, 1.82) is 0 Å². The van der Waals surface area contributed by atoms with Gasteiger partial charge in [0.1, 0.15) is 17.0 Å². The zero-order valence-electron chi connectivity index (χ0n) is 10.4. The maximum absolute atomic E-state index is 12.3. The van der Waals surface area contributed by atoms with Crippen molar-refractivity contribution in [2.24, 2.45) is 5.16 Å². The number of anilines is 1. The Hall–Kier alpha value is -2.41. The predicted octanol–water partition coefficient (Wildman–Crippen LogP) is 0.215. The molecule has 0 unspecified atom stereocenters. The lowest BCUT2D eigenvalue weighted by atomic mass is 10.2. The Bertz CT molecular complexity index is 678. The van der Waals surface area contributed by atoms with Crippen molar-refractivity contribution >= 4 is 17.7 Å². The summed E-state index contributed by atoms with van der Waals surface area (Å²) in [7, 11) is 0. The van der Waals surface area contributed by atoms with Gasteiger partial charge in [0.15, 0.2) is 0 Å². The molecule has 7 nitrogen and oxygen atoms in total. The summed E-state index contributed by atoms with van der Waals surface area (Å²) in [5, 5.41) is 23.2. The van der Waals surface area contributed by atoms with E-state index < -0.39 is 0 Å². The normalized spacial score (nSPS) is 11.3. The molecule has 0 bridgehead atoms. The SMILES string of the molecule is Cc1cccn2c(=O)c(/C=N/O)c(NCCO)nc12. The van der Waals surface area contributed by atoms with E-state index >= 15 is 0 Å². The Morgan fingerprint density at radius 3 is 3.05 bits per heavy atom. The third-order valence-corrected chi connectivity index (χ3v) is 2.68. The number of aryl methyl sites for hydroxylation is 1. The quantitative estimate of drug-likeness (QED) is 0.416. The molecule has 2 rings (SSSR count). The number of nitrogens with zero attached hydrogens (tertiary/aromatic N) is 3. The zero-order valence-corrected chi connectivity index (χ0v) is 10.4. The second-order valence-electron chi connectivity index (χ2n) is 3.96. The fourth-order valence-corrected chi connectivity index (χ4v) is 1.79. The van der Waals surface area contributed by atoms with Crippen LogP contribution in [0.25, 0.3) is 5.65 Å². The minimum absolute atomic E-state index is 0.0927. The molecular weight excluding hydrogens is 248 g/mol. The van der Waals surface area contributed by atoms with Gasteiger partial charge < -0.3 is 15.6 Å². The molecule has 0 aliphatic heterocycles. The highest BCUT2D eigenvalue weighted by atomic mass is 16.4. The van der Waals surface area contributed by atoms with E-state index in [1.165, 1.54) is 4.40 Å². The second-order valence-corrected chi connectivity index (χ2v) is 3.96. The van der Waals surface area contributed by atoms with Crippen LogP contribution in [-0.4, -0.2) is 39.1 Å². The van der Waals surface area contributed by atoms with Crippen LogP contribution in [0, 0.1) is 6.92 Å². The molecule has 2 aromatic rings. The minimum atomic E-state index is -0.341. The van der Waals surface area contributed by atoms with E-state index in [0.29, 0.717) is 5.65 Å². The fraction of sp³-hybridized carbons (Fsp3) is 0.250. The van der Waals surface area contributed by atoms with Crippen LogP contribution in [0.5, 0.6) is 0 Å². The fourth-order valence-electron chi connectivity index (χ4n) is 1.79. The lowest BCUT2D eigenvalue weighted by Gasteiger charge is -2.10. The zero-order chi connectivity index (χ0) is 13.8. The number of aliphatic hydroxyl groups excluding tert-OH is 1. The third kappa shape index (κ3) is 2.41. The number of aliphatic hydroxyl groups is 1. The number of nitrogens with one attached hydrogen (secondary N) is 1. The Morgan fingerprint density at radius 1 is 1.58 bits per heavy atom. The number of aromatic nitrogens is 2. The third-order valence-electron chi connectivity index (χ3n) is 2.68. The van der Waals surface area contributed by atoms with Crippen LogP contribution >= 0.6 is 0 Å². The number of hydrogen-bond acceptors (Lipinski definition) is 6. The van der Waals surface area contributed by atoms with Crippen molar-refractivity contribution in [1.82, 2.24) is 9.38 Å². The van der Waals surface area contributed by atoms with Crippen LogP contribution in [0.4, 0.5) is 5.82 Å². The molecule has 0 aromatic carbocycles. The molecule has 0 saturated heterocycles. The number of fused-ring (bicyclic) bond motifs is 1. The van der Waals surface area contributed by atoms with E-state index in [9.17, 15) is 4.79 Å². The van der Waals surface area contributed by atoms with Crippen LogP contribution in [0.3, 0.4) is 0 Å². The molecule has 7 heteroatoms. The molecule has 0 amide bonds. The monoisotopic (exact) mass is 262 g/mol. The summed E-state index contributed by atoms with van der Waals surface area (Å²) in [5.41, 5.74) is 1.16. The molecule has 100 valence electrons. The van der Waals surface area contributed by atoms with Gasteiger partial charge in [0.05, 0.1) is 12.8 Å². The summed E-state index contributed by atoms with van der Waals surface area (Å²) in [5.74, 6) is 0.283. The van der Waals surface area contributed by atoms with E-state index in [1.54, 1.807) is 12.3 Å². The average molecular weight is 262 g/mol. The molecule has 0 saturated carbocycles. The molecule has 0 atom stereocenters. The lowest BCUT2D eigenvalue weighted by Crippen LogP contribution is -2.23. The molecule has 19 heavy (non-hydrogen) atoms. The number of pyridine rings is 1. The molecular formula is C12H14N4O3. The highest BCUT2D eigenvalue weighted by molar-refractivity contribution is 5.86. The van der Waals surface area contributed by atoms with Gasteiger partial charge in [0, 0.05) is 12.7 Å². The van der Waals surface area contributed by atoms with E-state index in [2.05, 4.69) is 15.5 Å². The molecule has 0 radical (unpaired) electrons. The van der Waals surface area contributed by atoms with Crippen molar-refractivity contribution in [2.45, 2.75) is 6.92 Å². The summed E-state index contributed by atoms with van der Waals surface area (Å²) in [6.45, 7) is 2.00. The van der Waals surface area contributed by atoms with Crippen molar-refractivity contribution in [3.8, 4) is 0 Å². The molecule has 2 heterocycles. The van der Waals surface area contributed by atoms with Crippen LogP contribution in [0.2, 0.25) is 0 Å². The topological polar surface area (TPSA) is 99.2 Å². The standard InChI is InChI=1S/C12H14N4O3/c1-8-3-2-5-16-11(8)15-10(13-4-6-17)9(7-14-19)12(16)18/h2-3,5,7,13,17,19H,4,6H2,1H3/b14-7+. The Balaban J connectivity index is 2.74. The van der Waals surface area contributed by atoms with Crippen LogP contribution < -0.4 is 10.9 Å². The van der Waals surface area contributed by atoms with Gasteiger partial charge in [-0.1, -0.05) is 11.2 Å². The summed E-state index contributed by atoms with van der Waals surface area (Å²) >= 11 is 0. The van der Waals surface area contributed by atoms with Crippen LogP contribution in [-0.2, 0) is 0 Å². The molecule has 2 aromatic heterocycles. The summed E-state index contributed by atoms with van der Waals surface area (Å²) in [6.07, 6.45) is 2.63. The summed E-state index contributed by atoms with van der Waals surface area (Å²) < 4.78 is 1.39. The first-order valence-electron chi connectivity index (χ1n) is 5.73. The van der Waals surface area contributed by atoms with E-state index in [1.807, 2.05) is 13.0 Å². The largest absolute Gasteiger partial charge is 0.411 e. The Kier molecular flexibility index (Phi) is 3.76. The summed E-state index contributed by atoms with van der Waals surface area (Å²) in [6, 6.07) is 3.59. The smallest absolute Gasteiger partial charge is 0.268 e. The van der Waals surface area contributed by atoms with Crippen molar-refractivity contribution in [2.75, 3.05) is 18.5 Å². The lowest BCUT2D eigenvalue weighted by molar-refractivity contribution is 0.311. The average Bonchev–Trinajstić information content (AvgIpc) is 2.41. The van der Waals surface area contributed by atoms with Gasteiger partial charge in [0.2, 0.25) is 0 Å².